The fourth-order valence-corrected chi connectivity index (χ4v) is 8.00. The van der Waals surface area contributed by atoms with Crippen LogP contribution >= 0.6 is 0 Å². The van der Waals surface area contributed by atoms with Crippen molar-refractivity contribution in [1.82, 2.24) is 14.1 Å². The second-order valence-electron chi connectivity index (χ2n) is 13.2. The predicted octanol–water partition coefficient (Wildman–Crippen LogP) is 12.5. The van der Waals surface area contributed by atoms with Gasteiger partial charge in [-0.15, -0.1) is 0 Å². The molecule has 7 aromatic carbocycles. The number of benzene rings is 7. The van der Waals surface area contributed by atoms with Gasteiger partial charge >= 0.3 is 0 Å². The van der Waals surface area contributed by atoms with Crippen LogP contribution in [0.2, 0.25) is 0 Å². The van der Waals surface area contributed by atoms with Crippen LogP contribution < -0.4 is 0 Å². The Kier molecular flexibility index (Phi) is 5.92. The minimum atomic E-state index is 0.885. The van der Waals surface area contributed by atoms with Gasteiger partial charge in [-0.05, 0) is 96.1 Å². The van der Waals surface area contributed by atoms with Crippen LogP contribution in [0.3, 0.4) is 0 Å². The van der Waals surface area contributed by atoms with Crippen molar-refractivity contribution in [2.75, 3.05) is 0 Å². The Balaban J connectivity index is 1.06. The maximum absolute atomic E-state index is 6.10. The number of para-hydroxylation sites is 4. The Morgan fingerprint density at radius 1 is 0.353 bits per heavy atom. The van der Waals surface area contributed by atoms with E-state index < -0.39 is 0 Å². The summed E-state index contributed by atoms with van der Waals surface area (Å²) in [5.74, 6) is 0.888. The fourth-order valence-electron chi connectivity index (χ4n) is 8.00. The Morgan fingerprint density at radius 2 is 0.902 bits per heavy atom. The van der Waals surface area contributed by atoms with E-state index >= 15 is 0 Å². The number of hydrogen-bond donors (Lipinski definition) is 0. The van der Waals surface area contributed by atoms with Gasteiger partial charge in [-0.1, -0.05) is 91.0 Å². The molecule has 0 spiro atoms. The van der Waals surface area contributed by atoms with Crippen LogP contribution in [0.15, 0.2) is 180 Å². The zero-order valence-corrected chi connectivity index (χ0v) is 27.5. The van der Waals surface area contributed by atoms with E-state index in [4.69, 9.17) is 9.40 Å². The molecule has 0 bridgehead atoms. The number of pyridine rings is 1. The molecule has 11 aromatic rings. The molecule has 0 aliphatic heterocycles. The first-order valence-electron chi connectivity index (χ1n) is 17.3. The molecular weight excluding hydrogens is 623 g/mol. The van der Waals surface area contributed by atoms with Crippen LogP contribution in [-0.4, -0.2) is 14.1 Å². The van der Waals surface area contributed by atoms with E-state index in [9.17, 15) is 0 Å². The molecule has 0 saturated carbocycles. The zero-order valence-electron chi connectivity index (χ0n) is 27.5. The van der Waals surface area contributed by atoms with Crippen LogP contribution in [-0.2, 0) is 0 Å². The van der Waals surface area contributed by atoms with Gasteiger partial charge in [-0.25, -0.2) is 4.98 Å². The normalized spacial score (nSPS) is 11.9. The summed E-state index contributed by atoms with van der Waals surface area (Å²) in [7, 11) is 0. The summed E-state index contributed by atoms with van der Waals surface area (Å²) in [6.45, 7) is 0. The van der Waals surface area contributed by atoms with Gasteiger partial charge in [0.25, 0.3) is 0 Å². The highest BCUT2D eigenvalue weighted by molar-refractivity contribution is 6.13. The van der Waals surface area contributed by atoms with Gasteiger partial charge in [-0.2, -0.15) is 0 Å². The Hall–Kier alpha value is -6.91. The van der Waals surface area contributed by atoms with Gasteiger partial charge in [0.15, 0.2) is 0 Å². The Labute approximate surface area is 293 Å². The maximum Gasteiger partial charge on any atom is 0.138 e. The summed E-state index contributed by atoms with van der Waals surface area (Å²) in [6.07, 6.45) is 0. The lowest BCUT2D eigenvalue weighted by Gasteiger charge is -2.10. The van der Waals surface area contributed by atoms with Crippen molar-refractivity contribution in [2.24, 2.45) is 0 Å². The molecular formula is C47H29N3O. The monoisotopic (exact) mass is 651 g/mol. The van der Waals surface area contributed by atoms with Crippen molar-refractivity contribution in [3.05, 3.63) is 176 Å². The number of hydrogen-bond acceptors (Lipinski definition) is 2. The summed E-state index contributed by atoms with van der Waals surface area (Å²) in [4.78, 5) is 5.26. The van der Waals surface area contributed by atoms with Gasteiger partial charge in [0, 0.05) is 43.6 Å². The van der Waals surface area contributed by atoms with E-state index in [2.05, 4.69) is 173 Å². The number of rotatable bonds is 4. The third-order valence-electron chi connectivity index (χ3n) is 10.3. The van der Waals surface area contributed by atoms with Gasteiger partial charge in [0.2, 0.25) is 0 Å². The van der Waals surface area contributed by atoms with Crippen LogP contribution in [0.25, 0.3) is 99.4 Å². The maximum atomic E-state index is 6.10. The highest BCUT2D eigenvalue weighted by Crippen LogP contribution is 2.39. The molecule has 4 heteroatoms. The number of aromatic nitrogens is 3. The standard InChI is InChI=1S/C47H29N3O/c1-2-11-33(12-3-1)49-41-17-7-4-13-34(41)37-27-30(21-24-43(37)49)31-22-25-44-38(28-31)35-14-5-8-18-42(35)50(44)47-20-10-16-40(48-47)32-23-26-46-39(29-32)36-15-6-9-19-45(36)51-46/h1-29H. The zero-order chi connectivity index (χ0) is 33.5. The largest absolute Gasteiger partial charge is 0.456 e. The molecule has 0 aliphatic carbocycles. The molecule has 4 nitrogen and oxygen atoms in total. The van der Waals surface area contributed by atoms with Gasteiger partial charge in [0.05, 0.1) is 27.8 Å². The Morgan fingerprint density at radius 3 is 1.65 bits per heavy atom. The Bertz CT molecular complexity index is 3140. The molecule has 238 valence electrons. The minimum absolute atomic E-state index is 0.885. The first-order valence-corrected chi connectivity index (χ1v) is 17.3. The molecule has 0 unspecified atom stereocenters. The molecule has 4 heterocycles. The summed E-state index contributed by atoms with van der Waals surface area (Å²) >= 11 is 0. The van der Waals surface area contributed by atoms with E-state index in [1.807, 2.05) is 12.1 Å². The highest BCUT2D eigenvalue weighted by Gasteiger charge is 2.17. The number of furan rings is 1. The lowest BCUT2D eigenvalue weighted by Crippen LogP contribution is -1.98. The van der Waals surface area contributed by atoms with E-state index in [0.717, 1.165) is 50.0 Å². The van der Waals surface area contributed by atoms with Crippen molar-refractivity contribution in [3.63, 3.8) is 0 Å². The van der Waals surface area contributed by atoms with Crippen LogP contribution in [0.5, 0.6) is 0 Å². The van der Waals surface area contributed by atoms with E-state index in [0.29, 0.717) is 0 Å². The van der Waals surface area contributed by atoms with Crippen molar-refractivity contribution in [2.45, 2.75) is 0 Å². The molecule has 0 radical (unpaired) electrons. The number of fused-ring (bicyclic) bond motifs is 9. The fraction of sp³-hybridized carbons (Fsp3) is 0. The SMILES string of the molecule is c1ccc(-n2c3ccccc3c3cc(-c4ccc5c(c4)c4ccccc4n5-c4cccc(-c5ccc6oc7ccccc7c6c5)n4)ccc32)cc1. The average molecular weight is 652 g/mol. The lowest BCUT2D eigenvalue weighted by molar-refractivity contribution is 0.669. The molecule has 51 heavy (non-hydrogen) atoms. The van der Waals surface area contributed by atoms with Crippen LogP contribution in [0.1, 0.15) is 0 Å². The first-order chi connectivity index (χ1) is 25.3. The van der Waals surface area contributed by atoms with Crippen molar-refractivity contribution in [1.29, 1.82) is 0 Å². The number of nitrogens with zero attached hydrogens (tertiary/aromatic N) is 3. The van der Waals surface area contributed by atoms with E-state index in [1.165, 1.54) is 49.4 Å². The molecule has 0 fully saturated rings. The molecule has 0 aliphatic rings. The topological polar surface area (TPSA) is 35.9 Å². The van der Waals surface area contributed by atoms with Gasteiger partial charge in [0.1, 0.15) is 17.0 Å². The second-order valence-corrected chi connectivity index (χ2v) is 13.2. The van der Waals surface area contributed by atoms with Crippen molar-refractivity contribution in [3.8, 4) is 33.9 Å². The van der Waals surface area contributed by atoms with Crippen molar-refractivity contribution < 1.29 is 4.42 Å². The molecule has 4 aromatic heterocycles. The van der Waals surface area contributed by atoms with Crippen LogP contribution in [0.4, 0.5) is 0 Å². The first kappa shape index (κ1) is 28.0. The minimum Gasteiger partial charge on any atom is -0.456 e. The third-order valence-corrected chi connectivity index (χ3v) is 10.3. The third kappa shape index (κ3) is 4.23. The predicted molar refractivity (Wildman–Crippen MR) is 211 cm³/mol. The van der Waals surface area contributed by atoms with Crippen LogP contribution in [0, 0.1) is 0 Å². The smallest absolute Gasteiger partial charge is 0.138 e. The van der Waals surface area contributed by atoms with Gasteiger partial charge < -0.3 is 8.98 Å². The molecule has 0 N–H and O–H groups in total. The lowest BCUT2D eigenvalue weighted by atomic mass is 10.0. The molecule has 0 amide bonds. The van der Waals surface area contributed by atoms with E-state index in [-0.39, 0.29) is 0 Å². The molecule has 11 rings (SSSR count). The summed E-state index contributed by atoms with van der Waals surface area (Å²) in [6, 6.07) is 62.5. The molecule has 0 saturated heterocycles. The quantitative estimate of drug-likeness (QED) is 0.190. The molecule has 0 atom stereocenters. The second kappa shape index (κ2) is 10.8. The van der Waals surface area contributed by atoms with Crippen molar-refractivity contribution >= 4 is 65.6 Å². The summed E-state index contributed by atoms with van der Waals surface area (Å²) in [5.41, 5.74) is 12.0. The average Bonchev–Trinajstić information content (AvgIpc) is 3.85. The summed E-state index contributed by atoms with van der Waals surface area (Å²) in [5, 5.41) is 7.12. The summed E-state index contributed by atoms with van der Waals surface area (Å²) < 4.78 is 10.8. The highest BCUT2D eigenvalue weighted by atomic mass is 16.3. The van der Waals surface area contributed by atoms with Gasteiger partial charge in [-0.3, -0.25) is 4.57 Å². The van der Waals surface area contributed by atoms with E-state index in [1.54, 1.807) is 0 Å².